The third kappa shape index (κ3) is 3.84. The molecule has 0 aromatic carbocycles. The van der Waals surface area contributed by atoms with E-state index < -0.39 is 0 Å². The number of aromatic nitrogens is 2. The molecule has 3 heterocycles. The minimum Gasteiger partial charge on any atom is -0.383 e. The van der Waals surface area contributed by atoms with Crippen LogP contribution >= 0.6 is 0 Å². The molecule has 0 bridgehead atoms. The molecular formula is C16H27N5O2. The molecule has 1 aromatic heterocycles. The third-order valence-corrected chi connectivity index (χ3v) is 4.94. The fourth-order valence-electron chi connectivity index (χ4n) is 3.45. The summed E-state index contributed by atoms with van der Waals surface area (Å²) < 4.78 is 5.12. The summed E-state index contributed by atoms with van der Waals surface area (Å²) in [5.41, 5.74) is 3.36. The predicted octanol–water partition coefficient (Wildman–Crippen LogP) is 0.754. The molecule has 0 spiro atoms. The molecule has 7 nitrogen and oxygen atoms in total. The number of methoxy groups -OCH3 is 1. The van der Waals surface area contributed by atoms with Crippen LogP contribution in [0.15, 0.2) is 0 Å². The average molecular weight is 321 g/mol. The number of ether oxygens (including phenoxy) is 1. The first kappa shape index (κ1) is 16.3. The Morgan fingerprint density at radius 2 is 2.35 bits per heavy atom. The van der Waals surface area contributed by atoms with E-state index in [9.17, 15) is 4.79 Å². The molecule has 2 amide bonds. The first-order valence-corrected chi connectivity index (χ1v) is 8.44. The topological polar surface area (TPSA) is 73.5 Å². The van der Waals surface area contributed by atoms with E-state index in [1.165, 1.54) is 5.56 Å². The number of carbonyl (C=O) groups is 1. The van der Waals surface area contributed by atoms with Crippen molar-refractivity contribution in [3.8, 4) is 0 Å². The summed E-state index contributed by atoms with van der Waals surface area (Å²) in [5.74, 6) is 0.548. The fraction of sp³-hybridized carbons (Fsp3) is 0.750. The lowest BCUT2D eigenvalue weighted by atomic mass is 10.1. The minimum atomic E-state index is 0.0478. The summed E-state index contributed by atoms with van der Waals surface area (Å²) in [6.07, 6.45) is 1.98. The Kier molecular flexibility index (Phi) is 5.17. The Morgan fingerprint density at radius 3 is 3.17 bits per heavy atom. The van der Waals surface area contributed by atoms with Crippen molar-refractivity contribution in [2.75, 3.05) is 46.4 Å². The van der Waals surface area contributed by atoms with E-state index in [2.05, 4.69) is 20.4 Å². The van der Waals surface area contributed by atoms with Gasteiger partial charge in [0.15, 0.2) is 0 Å². The van der Waals surface area contributed by atoms with E-state index in [0.29, 0.717) is 12.5 Å². The summed E-state index contributed by atoms with van der Waals surface area (Å²) in [7, 11) is 1.74. The molecule has 1 aromatic rings. The number of nitrogens with zero attached hydrogens (tertiary/aromatic N) is 3. The molecule has 2 aliphatic heterocycles. The molecule has 0 aliphatic carbocycles. The number of hydrogen-bond acceptors (Lipinski definition) is 4. The summed E-state index contributed by atoms with van der Waals surface area (Å²) >= 11 is 0. The van der Waals surface area contributed by atoms with E-state index in [0.717, 1.165) is 63.6 Å². The molecule has 0 unspecified atom stereocenters. The van der Waals surface area contributed by atoms with Gasteiger partial charge in [0.05, 0.1) is 18.8 Å². The second-order valence-corrected chi connectivity index (χ2v) is 6.58. The van der Waals surface area contributed by atoms with Crippen LogP contribution in [0.4, 0.5) is 4.79 Å². The minimum absolute atomic E-state index is 0.0478. The lowest BCUT2D eigenvalue weighted by Crippen LogP contribution is -2.44. The van der Waals surface area contributed by atoms with Crippen molar-refractivity contribution in [3.63, 3.8) is 0 Å². The van der Waals surface area contributed by atoms with Crippen LogP contribution in [0.1, 0.15) is 23.4 Å². The van der Waals surface area contributed by atoms with Crippen LogP contribution < -0.4 is 5.32 Å². The van der Waals surface area contributed by atoms with E-state index in [4.69, 9.17) is 4.74 Å². The maximum atomic E-state index is 12.4. The molecule has 3 rings (SSSR count). The van der Waals surface area contributed by atoms with Crippen molar-refractivity contribution in [3.05, 3.63) is 17.0 Å². The monoisotopic (exact) mass is 321 g/mol. The first-order valence-electron chi connectivity index (χ1n) is 8.44. The molecule has 0 saturated carbocycles. The van der Waals surface area contributed by atoms with Crippen LogP contribution in [0.5, 0.6) is 0 Å². The molecule has 1 fully saturated rings. The van der Waals surface area contributed by atoms with Gasteiger partial charge in [0, 0.05) is 51.0 Å². The Labute approximate surface area is 137 Å². The van der Waals surface area contributed by atoms with Crippen molar-refractivity contribution in [2.24, 2.45) is 5.92 Å². The van der Waals surface area contributed by atoms with Gasteiger partial charge in [-0.05, 0) is 25.8 Å². The van der Waals surface area contributed by atoms with Crippen molar-refractivity contribution < 1.29 is 9.53 Å². The van der Waals surface area contributed by atoms with E-state index in [1.807, 2.05) is 11.8 Å². The standard InChI is InChI=1S/C16H27N5O2/c1-12-14-11-21(6-4-15(14)19-18-12)16(22)17-9-13-3-5-20(10-13)7-8-23-2/h13H,3-11H2,1-2H3,(H,17,22)(H,18,19)/t13-/m1/s1. The van der Waals surface area contributed by atoms with Gasteiger partial charge in [-0.1, -0.05) is 0 Å². The first-order chi connectivity index (χ1) is 11.2. The fourth-order valence-corrected chi connectivity index (χ4v) is 3.45. The van der Waals surface area contributed by atoms with Crippen LogP contribution in [0.2, 0.25) is 0 Å². The summed E-state index contributed by atoms with van der Waals surface area (Å²) in [6, 6.07) is 0.0478. The Morgan fingerprint density at radius 1 is 1.48 bits per heavy atom. The van der Waals surface area contributed by atoms with Gasteiger partial charge >= 0.3 is 6.03 Å². The van der Waals surface area contributed by atoms with Crippen molar-refractivity contribution in [1.29, 1.82) is 0 Å². The normalized spacial score (nSPS) is 21.5. The van der Waals surface area contributed by atoms with Gasteiger partial charge in [0.2, 0.25) is 0 Å². The number of hydrogen-bond donors (Lipinski definition) is 2. The van der Waals surface area contributed by atoms with Crippen molar-refractivity contribution in [1.82, 2.24) is 25.3 Å². The lowest BCUT2D eigenvalue weighted by Gasteiger charge is -2.27. The summed E-state index contributed by atoms with van der Waals surface area (Å²) in [6.45, 7) is 8.09. The highest BCUT2D eigenvalue weighted by Gasteiger charge is 2.26. The van der Waals surface area contributed by atoms with Crippen LogP contribution in [0.25, 0.3) is 0 Å². The number of urea groups is 1. The molecular weight excluding hydrogens is 294 g/mol. The van der Waals surface area contributed by atoms with Gasteiger partial charge in [-0.25, -0.2) is 4.79 Å². The largest absolute Gasteiger partial charge is 0.383 e. The van der Waals surface area contributed by atoms with Gasteiger partial charge in [-0.2, -0.15) is 5.10 Å². The number of likely N-dealkylation sites (tertiary alicyclic amines) is 1. The highest BCUT2D eigenvalue weighted by molar-refractivity contribution is 5.74. The van der Waals surface area contributed by atoms with E-state index in [-0.39, 0.29) is 6.03 Å². The molecule has 1 saturated heterocycles. The number of aromatic amines is 1. The lowest BCUT2D eigenvalue weighted by molar-refractivity contribution is 0.158. The second kappa shape index (κ2) is 7.31. The van der Waals surface area contributed by atoms with Gasteiger partial charge in [0.1, 0.15) is 0 Å². The molecule has 7 heteroatoms. The average Bonchev–Trinajstić information content (AvgIpc) is 3.17. The van der Waals surface area contributed by atoms with Crippen LogP contribution in [0.3, 0.4) is 0 Å². The zero-order valence-electron chi connectivity index (χ0n) is 14.1. The zero-order valence-corrected chi connectivity index (χ0v) is 14.1. The molecule has 128 valence electrons. The molecule has 0 radical (unpaired) electrons. The molecule has 2 aliphatic rings. The second-order valence-electron chi connectivity index (χ2n) is 6.58. The summed E-state index contributed by atoms with van der Waals surface area (Å²) in [5, 5.41) is 10.4. The molecule has 1 atom stereocenters. The number of aryl methyl sites for hydroxylation is 1. The van der Waals surface area contributed by atoms with E-state index >= 15 is 0 Å². The van der Waals surface area contributed by atoms with Gasteiger partial charge in [-0.15, -0.1) is 0 Å². The highest BCUT2D eigenvalue weighted by atomic mass is 16.5. The maximum Gasteiger partial charge on any atom is 0.317 e. The Bertz CT molecular complexity index is 545. The zero-order chi connectivity index (χ0) is 16.2. The van der Waals surface area contributed by atoms with Crippen LogP contribution in [0, 0.1) is 12.8 Å². The third-order valence-electron chi connectivity index (χ3n) is 4.94. The SMILES string of the molecule is COCCN1CC[C@H](CNC(=O)N2CCc3n[nH]c(C)c3C2)C1. The summed E-state index contributed by atoms with van der Waals surface area (Å²) in [4.78, 5) is 16.7. The maximum absolute atomic E-state index is 12.4. The molecule has 23 heavy (non-hydrogen) atoms. The van der Waals surface area contributed by atoms with Crippen molar-refractivity contribution in [2.45, 2.75) is 26.3 Å². The van der Waals surface area contributed by atoms with Crippen LogP contribution in [-0.4, -0.2) is 72.5 Å². The number of nitrogens with one attached hydrogen (secondary N) is 2. The predicted molar refractivity (Wildman–Crippen MR) is 87.3 cm³/mol. The number of H-pyrrole nitrogens is 1. The number of rotatable bonds is 5. The number of fused-ring (bicyclic) bond motifs is 1. The molecule has 2 N–H and O–H groups in total. The Hall–Kier alpha value is -1.60. The number of carbonyl (C=O) groups excluding carboxylic acids is 1. The van der Waals surface area contributed by atoms with Crippen molar-refractivity contribution >= 4 is 6.03 Å². The quantitative estimate of drug-likeness (QED) is 0.839. The smallest absolute Gasteiger partial charge is 0.317 e. The van der Waals surface area contributed by atoms with Gasteiger partial charge in [-0.3, -0.25) is 5.10 Å². The number of amides is 2. The highest BCUT2D eigenvalue weighted by Crippen LogP contribution is 2.20. The van der Waals surface area contributed by atoms with E-state index in [1.54, 1.807) is 7.11 Å². The van der Waals surface area contributed by atoms with Crippen LogP contribution in [-0.2, 0) is 17.7 Å². The van der Waals surface area contributed by atoms with Gasteiger partial charge in [0.25, 0.3) is 0 Å². The Balaban J connectivity index is 1.43. The van der Waals surface area contributed by atoms with Gasteiger partial charge < -0.3 is 19.9 Å².